The molecule has 0 spiro atoms. The minimum atomic E-state index is -0.550. The Morgan fingerprint density at radius 3 is 1.68 bits per heavy atom. The molecule has 0 unspecified atom stereocenters. The van der Waals surface area contributed by atoms with E-state index in [9.17, 15) is 19.2 Å². The molecule has 144 valence electrons. The number of ether oxygens (including phenoxy) is 1. The fourth-order valence-electron chi connectivity index (χ4n) is 2.02. The molecule has 0 aromatic heterocycles. The lowest BCUT2D eigenvalue weighted by Gasteiger charge is -2.19. The summed E-state index contributed by atoms with van der Waals surface area (Å²) < 4.78 is 5.08. The zero-order valence-corrected chi connectivity index (χ0v) is 15.7. The van der Waals surface area contributed by atoms with E-state index in [0.717, 1.165) is 0 Å². The molecule has 0 radical (unpaired) electrons. The van der Waals surface area contributed by atoms with Gasteiger partial charge < -0.3 is 15.8 Å². The molecule has 7 nitrogen and oxygen atoms in total. The van der Waals surface area contributed by atoms with E-state index in [0.29, 0.717) is 38.8 Å². The maximum Gasteiger partial charge on any atom is 0.407 e. The van der Waals surface area contributed by atoms with E-state index in [1.807, 2.05) is 0 Å². The fraction of sp³-hybridized carbons (Fsp3) is 0.778. The summed E-state index contributed by atoms with van der Waals surface area (Å²) in [6.45, 7) is 6.15. The molecule has 0 saturated heterocycles. The van der Waals surface area contributed by atoms with Crippen molar-refractivity contribution < 1.29 is 23.9 Å². The molecular weight excluding hydrogens is 324 g/mol. The van der Waals surface area contributed by atoms with E-state index in [1.54, 1.807) is 20.8 Å². The first-order valence-corrected chi connectivity index (χ1v) is 8.86. The van der Waals surface area contributed by atoms with Crippen molar-refractivity contribution in [3.05, 3.63) is 0 Å². The first-order chi connectivity index (χ1) is 11.6. The van der Waals surface area contributed by atoms with Crippen molar-refractivity contribution >= 4 is 23.4 Å². The van der Waals surface area contributed by atoms with Gasteiger partial charge in [-0.25, -0.2) is 4.79 Å². The van der Waals surface area contributed by atoms with E-state index in [1.165, 1.54) is 0 Å². The van der Waals surface area contributed by atoms with Gasteiger partial charge in [-0.2, -0.15) is 0 Å². The Balaban J connectivity index is 3.71. The molecule has 0 aromatic carbocycles. The van der Waals surface area contributed by atoms with Crippen LogP contribution in [0, 0.1) is 0 Å². The van der Waals surface area contributed by atoms with Crippen LogP contribution in [-0.4, -0.2) is 42.1 Å². The highest BCUT2D eigenvalue weighted by atomic mass is 16.6. The van der Waals surface area contributed by atoms with Crippen LogP contribution < -0.4 is 11.1 Å². The maximum absolute atomic E-state index is 11.7. The molecule has 0 atom stereocenters. The third-order valence-electron chi connectivity index (χ3n) is 3.33. The Morgan fingerprint density at radius 1 is 0.800 bits per heavy atom. The molecule has 0 saturated carbocycles. The van der Waals surface area contributed by atoms with Gasteiger partial charge in [0, 0.05) is 45.1 Å². The van der Waals surface area contributed by atoms with Crippen LogP contribution in [0.5, 0.6) is 0 Å². The molecule has 0 aromatic rings. The predicted octanol–water partition coefficient (Wildman–Crippen LogP) is 2.30. The van der Waals surface area contributed by atoms with Gasteiger partial charge in [0.1, 0.15) is 23.0 Å². The van der Waals surface area contributed by atoms with Gasteiger partial charge in [-0.05, 0) is 40.2 Å². The first kappa shape index (κ1) is 23.2. The molecule has 0 aliphatic carbocycles. The third-order valence-corrected chi connectivity index (χ3v) is 3.33. The highest BCUT2D eigenvalue weighted by molar-refractivity contribution is 5.89. The molecule has 7 heteroatoms. The molecule has 0 bridgehead atoms. The Hall–Kier alpha value is -1.76. The van der Waals surface area contributed by atoms with Crippen LogP contribution in [0.15, 0.2) is 0 Å². The summed E-state index contributed by atoms with van der Waals surface area (Å²) in [6.07, 6.45) is 2.13. The summed E-state index contributed by atoms with van der Waals surface area (Å²) in [7, 11) is 0. The summed E-state index contributed by atoms with van der Waals surface area (Å²) in [5.41, 5.74) is 4.77. The zero-order valence-electron chi connectivity index (χ0n) is 15.7. The summed E-state index contributed by atoms with van der Waals surface area (Å²) in [4.78, 5) is 46.3. The summed E-state index contributed by atoms with van der Waals surface area (Å²) >= 11 is 0. The van der Waals surface area contributed by atoms with Crippen molar-refractivity contribution in [2.75, 3.05) is 13.1 Å². The number of hydrogen-bond donors (Lipinski definition) is 2. The Morgan fingerprint density at radius 2 is 1.24 bits per heavy atom. The second kappa shape index (κ2) is 12.6. The average Bonchev–Trinajstić information content (AvgIpc) is 2.51. The van der Waals surface area contributed by atoms with Gasteiger partial charge in [0.15, 0.2) is 0 Å². The number of rotatable bonds is 13. The SMILES string of the molecule is CC(C)(C)OC(=O)NCCCC(=O)CCC(=O)CCC(=O)CCCN. The smallest absolute Gasteiger partial charge is 0.407 e. The quantitative estimate of drug-likeness (QED) is 0.489. The average molecular weight is 356 g/mol. The highest BCUT2D eigenvalue weighted by Gasteiger charge is 2.15. The topological polar surface area (TPSA) is 116 Å². The summed E-state index contributed by atoms with van der Waals surface area (Å²) in [5, 5.41) is 2.58. The normalized spacial score (nSPS) is 11.0. The Labute approximate surface area is 150 Å². The fourth-order valence-corrected chi connectivity index (χ4v) is 2.02. The second-order valence-corrected chi connectivity index (χ2v) is 7.04. The van der Waals surface area contributed by atoms with Gasteiger partial charge in [0.2, 0.25) is 0 Å². The lowest BCUT2D eigenvalue weighted by atomic mass is 10.0. The van der Waals surface area contributed by atoms with Crippen molar-refractivity contribution in [2.45, 2.75) is 77.7 Å². The lowest BCUT2D eigenvalue weighted by molar-refractivity contribution is -0.126. The van der Waals surface area contributed by atoms with Crippen molar-refractivity contribution in [2.24, 2.45) is 5.73 Å². The van der Waals surface area contributed by atoms with Gasteiger partial charge in [-0.15, -0.1) is 0 Å². The van der Waals surface area contributed by atoms with Crippen LogP contribution >= 0.6 is 0 Å². The van der Waals surface area contributed by atoms with Gasteiger partial charge in [0.25, 0.3) is 0 Å². The third kappa shape index (κ3) is 15.5. The molecule has 3 N–H and O–H groups in total. The standard InChI is InChI=1S/C18H32N2O5/c1-18(2,3)25-17(24)20-13-5-7-15(22)9-11-16(23)10-8-14(21)6-4-12-19/h4-13,19H2,1-3H3,(H,20,24). The van der Waals surface area contributed by atoms with Gasteiger partial charge in [-0.3, -0.25) is 14.4 Å². The van der Waals surface area contributed by atoms with E-state index < -0.39 is 11.7 Å². The Kier molecular flexibility index (Phi) is 11.7. The number of Topliss-reactive ketones (excluding diaryl/α,β-unsaturated/α-hetero) is 3. The number of hydrogen-bond acceptors (Lipinski definition) is 6. The molecule has 0 heterocycles. The van der Waals surface area contributed by atoms with Crippen LogP contribution in [0.3, 0.4) is 0 Å². The number of nitrogens with two attached hydrogens (primary N) is 1. The number of ketones is 3. The molecule has 0 aliphatic rings. The van der Waals surface area contributed by atoms with E-state index in [4.69, 9.17) is 10.5 Å². The van der Waals surface area contributed by atoms with Crippen molar-refractivity contribution in [1.29, 1.82) is 0 Å². The van der Waals surface area contributed by atoms with Gasteiger partial charge in [0.05, 0.1) is 0 Å². The van der Waals surface area contributed by atoms with E-state index in [-0.39, 0.29) is 43.0 Å². The maximum atomic E-state index is 11.7. The monoisotopic (exact) mass is 356 g/mol. The van der Waals surface area contributed by atoms with Gasteiger partial charge >= 0.3 is 6.09 Å². The van der Waals surface area contributed by atoms with Crippen molar-refractivity contribution in [3.8, 4) is 0 Å². The number of amides is 1. The zero-order chi connectivity index (χ0) is 19.3. The number of carbonyl (C=O) groups is 4. The molecular formula is C18H32N2O5. The van der Waals surface area contributed by atoms with Crippen LogP contribution in [-0.2, 0) is 19.1 Å². The molecule has 0 fully saturated rings. The summed E-state index contributed by atoms with van der Waals surface area (Å²) in [5.74, 6) is -0.0477. The largest absolute Gasteiger partial charge is 0.444 e. The van der Waals surface area contributed by atoms with E-state index in [2.05, 4.69) is 5.32 Å². The van der Waals surface area contributed by atoms with Crippen LogP contribution in [0.4, 0.5) is 4.79 Å². The minimum absolute atomic E-state index is 0.0196. The summed E-state index contributed by atoms with van der Waals surface area (Å²) in [6, 6.07) is 0. The second-order valence-electron chi connectivity index (χ2n) is 7.04. The predicted molar refractivity (Wildman–Crippen MR) is 95.2 cm³/mol. The lowest BCUT2D eigenvalue weighted by Crippen LogP contribution is -2.33. The van der Waals surface area contributed by atoms with Crippen LogP contribution in [0.2, 0.25) is 0 Å². The first-order valence-electron chi connectivity index (χ1n) is 8.86. The number of alkyl carbamates (subject to hydrolysis) is 1. The van der Waals surface area contributed by atoms with Crippen LogP contribution in [0.25, 0.3) is 0 Å². The van der Waals surface area contributed by atoms with Crippen molar-refractivity contribution in [1.82, 2.24) is 5.32 Å². The van der Waals surface area contributed by atoms with Crippen LogP contribution in [0.1, 0.15) is 72.1 Å². The molecule has 0 rings (SSSR count). The van der Waals surface area contributed by atoms with Gasteiger partial charge in [-0.1, -0.05) is 0 Å². The molecule has 0 aliphatic heterocycles. The number of nitrogens with one attached hydrogen (secondary N) is 1. The molecule has 1 amide bonds. The number of carbonyl (C=O) groups excluding carboxylic acids is 4. The minimum Gasteiger partial charge on any atom is -0.444 e. The van der Waals surface area contributed by atoms with Crippen molar-refractivity contribution in [3.63, 3.8) is 0 Å². The van der Waals surface area contributed by atoms with E-state index >= 15 is 0 Å². The Bertz CT molecular complexity index is 455. The molecule has 25 heavy (non-hydrogen) atoms. The highest BCUT2D eigenvalue weighted by Crippen LogP contribution is 2.07.